The SMILES string of the molecule is O=C(NCc1ccccc1)[C@@H](Cc1ccccc1)n1c(=O)[nH]c2ccccc2c1=O. The van der Waals surface area contributed by atoms with Crippen LogP contribution in [0.25, 0.3) is 10.9 Å². The van der Waals surface area contributed by atoms with Gasteiger partial charge in [0.15, 0.2) is 0 Å². The number of hydrogen-bond donors (Lipinski definition) is 2. The van der Waals surface area contributed by atoms with Crippen LogP contribution in [0.2, 0.25) is 0 Å². The van der Waals surface area contributed by atoms with Crippen molar-refractivity contribution in [3.8, 4) is 0 Å². The lowest BCUT2D eigenvalue weighted by atomic mass is 10.0. The third-order valence-corrected chi connectivity index (χ3v) is 5.03. The topological polar surface area (TPSA) is 84.0 Å². The van der Waals surface area contributed by atoms with Crippen molar-refractivity contribution in [1.29, 1.82) is 0 Å². The van der Waals surface area contributed by atoms with E-state index < -0.39 is 17.3 Å². The Kier molecular flexibility index (Phi) is 5.57. The van der Waals surface area contributed by atoms with Gasteiger partial charge in [-0.15, -0.1) is 0 Å². The molecule has 1 amide bonds. The van der Waals surface area contributed by atoms with Crippen LogP contribution in [0.3, 0.4) is 0 Å². The molecule has 150 valence electrons. The van der Waals surface area contributed by atoms with E-state index in [4.69, 9.17) is 0 Å². The molecule has 30 heavy (non-hydrogen) atoms. The van der Waals surface area contributed by atoms with Gasteiger partial charge in [-0.05, 0) is 23.3 Å². The van der Waals surface area contributed by atoms with E-state index in [0.29, 0.717) is 17.4 Å². The van der Waals surface area contributed by atoms with Crippen LogP contribution in [0.1, 0.15) is 17.2 Å². The van der Waals surface area contributed by atoms with Crippen LogP contribution in [-0.2, 0) is 17.8 Å². The Hall–Kier alpha value is -3.93. The maximum Gasteiger partial charge on any atom is 0.329 e. The predicted molar refractivity (Wildman–Crippen MR) is 116 cm³/mol. The van der Waals surface area contributed by atoms with Crippen molar-refractivity contribution in [2.24, 2.45) is 0 Å². The summed E-state index contributed by atoms with van der Waals surface area (Å²) in [6.45, 7) is 0.311. The van der Waals surface area contributed by atoms with Crippen LogP contribution < -0.4 is 16.6 Å². The number of nitrogens with zero attached hydrogens (tertiary/aromatic N) is 1. The molecule has 6 nitrogen and oxygen atoms in total. The van der Waals surface area contributed by atoms with E-state index in [0.717, 1.165) is 15.7 Å². The van der Waals surface area contributed by atoms with Gasteiger partial charge in [-0.25, -0.2) is 9.36 Å². The molecular formula is C24H21N3O3. The summed E-state index contributed by atoms with van der Waals surface area (Å²) in [5.74, 6) is -0.384. The number of nitrogens with one attached hydrogen (secondary N) is 2. The van der Waals surface area contributed by atoms with Crippen LogP contribution in [0.15, 0.2) is 94.5 Å². The molecule has 0 saturated carbocycles. The van der Waals surface area contributed by atoms with Crippen LogP contribution in [0, 0.1) is 0 Å². The summed E-state index contributed by atoms with van der Waals surface area (Å²) in [4.78, 5) is 41.8. The van der Waals surface area contributed by atoms with Gasteiger partial charge < -0.3 is 10.3 Å². The zero-order valence-electron chi connectivity index (χ0n) is 16.2. The number of fused-ring (bicyclic) bond motifs is 1. The smallest absolute Gasteiger partial charge is 0.329 e. The first-order valence-corrected chi connectivity index (χ1v) is 9.72. The molecule has 1 aromatic heterocycles. The molecule has 2 N–H and O–H groups in total. The van der Waals surface area contributed by atoms with Crippen molar-refractivity contribution in [3.05, 3.63) is 117 Å². The van der Waals surface area contributed by atoms with Crippen LogP contribution in [0.5, 0.6) is 0 Å². The van der Waals surface area contributed by atoms with E-state index >= 15 is 0 Å². The number of aromatic nitrogens is 2. The van der Waals surface area contributed by atoms with E-state index in [1.54, 1.807) is 24.3 Å². The Morgan fingerprint density at radius 2 is 1.43 bits per heavy atom. The first-order valence-electron chi connectivity index (χ1n) is 9.72. The molecule has 4 aromatic rings. The molecule has 6 heteroatoms. The summed E-state index contributed by atoms with van der Waals surface area (Å²) in [5, 5.41) is 3.24. The third-order valence-electron chi connectivity index (χ3n) is 5.03. The zero-order valence-corrected chi connectivity index (χ0v) is 16.2. The van der Waals surface area contributed by atoms with E-state index in [1.807, 2.05) is 60.7 Å². The molecule has 0 bridgehead atoms. The molecule has 1 heterocycles. The number of rotatable bonds is 6. The monoisotopic (exact) mass is 399 g/mol. The Balaban J connectivity index is 1.74. The summed E-state index contributed by atoms with van der Waals surface area (Å²) < 4.78 is 1.02. The lowest BCUT2D eigenvalue weighted by molar-refractivity contribution is -0.124. The number of aromatic amines is 1. The largest absolute Gasteiger partial charge is 0.350 e. The number of carbonyl (C=O) groups excluding carboxylic acids is 1. The van der Waals surface area contributed by atoms with Crippen molar-refractivity contribution in [2.45, 2.75) is 19.0 Å². The summed E-state index contributed by atoms with van der Waals surface area (Å²) in [7, 11) is 0. The Morgan fingerprint density at radius 3 is 2.13 bits per heavy atom. The summed E-state index contributed by atoms with van der Waals surface area (Å²) in [6.07, 6.45) is 0.225. The molecule has 0 spiro atoms. The maximum atomic E-state index is 13.1. The first kappa shape index (κ1) is 19.4. The molecule has 0 aliphatic rings. The molecule has 0 fully saturated rings. The fraction of sp³-hybridized carbons (Fsp3) is 0.125. The predicted octanol–water partition coefficient (Wildman–Crippen LogP) is 2.79. The normalized spacial score (nSPS) is 11.9. The van der Waals surface area contributed by atoms with Gasteiger partial charge in [-0.1, -0.05) is 72.8 Å². The Labute approximate surface area is 172 Å². The minimum absolute atomic E-state index is 0.225. The van der Waals surface area contributed by atoms with Crippen LogP contribution in [0.4, 0.5) is 0 Å². The molecular weight excluding hydrogens is 378 g/mol. The van der Waals surface area contributed by atoms with Gasteiger partial charge >= 0.3 is 5.69 Å². The number of amides is 1. The minimum atomic E-state index is -0.975. The fourth-order valence-electron chi connectivity index (χ4n) is 3.50. The highest BCUT2D eigenvalue weighted by atomic mass is 16.2. The second-order valence-corrected chi connectivity index (χ2v) is 7.06. The lowest BCUT2D eigenvalue weighted by Crippen LogP contribution is -2.45. The fourth-order valence-corrected chi connectivity index (χ4v) is 3.50. The second-order valence-electron chi connectivity index (χ2n) is 7.06. The highest BCUT2D eigenvalue weighted by Crippen LogP contribution is 2.14. The van der Waals surface area contributed by atoms with Gasteiger partial charge in [0.2, 0.25) is 5.91 Å². The average molecular weight is 399 g/mol. The third kappa shape index (κ3) is 4.07. The molecule has 0 aliphatic heterocycles. The molecule has 4 rings (SSSR count). The average Bonchev–Trinajstić information content (AvgIpc) is 2.78. The zero-order chi connectivity index (χ0) is 20.9. The summed E-state index contributed by atoms with van der Waals surface area (Å²) in [6, 6.07) is 24.7. The van der Waals surface area contributed by atoms with E-state index in [2.05, 4.69) is 10.3 Å². The van der Waals surface area contributed by atoms with Gasteiger partial charge in [-0.2, -0.15) is 0 Å². The number of para-hydroxylation sites is 1. The van der Waals surface area contributed by atoms with Gasteiger partial charge in [0, 0.05) is 13.0 Å². The van der Waals surface area contributed by atoms with E-state index in [-0.39, 0.29) is 12.3 Å². The molecule has 3 aromatic carbocycles. The van der Waals surface area contributed by atoms with Gasteiger partial charge in [0.25, 0.3) is 5.56 Å². The molecule has 1 atom stereocenters. The minimum Gasteiger partial charge on any atom is -0.350 e. The Bertz CT molecular complexity index is 1280. The highest BCUT2D eigenvalue weighted by molar-refractivity contribution is 5.82. The highest BCUT2D eigenvalue weighted by Gasteiger charge is 2.25. The van der Waals surface area contributed by atoms with Crippen molar-refractivity contribution >= 4 is 16.8 Å². The van der Waals surface area contributed by atoms with E-state index in [9.17, 15) is 14.4 Å². The van der Waals surface area contributed by atoms with Crippen molar-refractivity contribution in [1.82, 2.24) is 14.9 Å². The Morgan fingerprint density at radius 1 is 0.833 bits per heavy atom. The molecule has 0 radical (unpaired) electrons. The number of H-pyrrole nitrogens is 1. The van der Waals surface area contributed by atoms with Crippen molar-refractivity contribution < 1.29 is 4.79 Å². The standard InChI is InChI=1S/C24H21N3O3/c28-22(25-16-18-11-5-2-6-12-18)21(15-17-9-3-1-4-10-17)27-23(29)19-13-7-8-14-20(19)26-24(27)30/h1-14,21H,15-16H2,(H,25,28)(H,26,30)/t21-/m1/s1. The quantitative estimate of drug-likeness (QED) is 0.523. The van der Waals surface area contributed by atoms with Gasteiger partial charge in [0.1, 0.15) is 6.04 Å². The second kappa shape index (κ2) is 8.61. The maximum absolute atomic E-state index is 13.1. The number of hydrogen-bond acceptors (Lipinski definition) is 3. The molecule has 0 aliphatic carbocycles. The van der Waals surface area contributed by atoms with Crippen LogP contribution in [-0.4, -0.2) is 15.5 Å². The number of benzene rings is 3. The van der Waals surface area contributed by atoms with Crippen molar-refractivity contribution in [3.63, 3.8) is 0 Å². The number of carbonyl (C=O) groups is 1. The lowest BCUT2D eigenvalue weighted by Gasteiger charge is -2.19. The first-order chi connectivity index (χ1) is 14.6. The van der Waals surface area contributed by atoms with E-state index in [1.165, 1.54) is 0 Å². The van der Waals surface area contributed by atoms with Gasteiger partial charge in [0.05, 0.1) is 10.9 Å². The molecule has 0 unspecified atom stereocenters. The van der Waals surface area contributed by atoms with Crippen molar-refractivity contribution in [2.75, 3.05) is 0 Å². The molecule has 0 saturated heterocycles. The summed E-state index contributed by atoms with van der Waals surface area (Å²) in [5.41, 5.74) is 1.16. The summed E-state index contributed by atoms with van der Waals surface area (Å²) >= 11 is 0. The van der Waals surface area contributed by atoms with Gasteiger partial charge in [-0.3, -0.25) is 9.59 Å². The van der Waals surface area contributed by atoms with Crippen LogP contribution >= 0.6 is 0 Å².